The van der Waals surface area contributed by atoms with Gasteiger partial charge >= 0.3 is 0 Å². The fraction of sp³-hybridized carbons (Fsp3) is 0.333. The van der Waals surface area contributed by atoms with E-state index in [2.05, 4.69) is 9.88 Å². The van der Waals surface area contributed by atoms with Crippen LogP contribution in [0.1, 0.15) is 24.8 Å². The van der Waals surface area contributed by atoms with Crippen molar-refractivity contribution in [2.45, 2.75) is 19.3 Å². The molecule has 1 aromatic carbocycles. The summed E-state index contributed by atoms with van der Waals surface area (Å²) in [6.07, 6.45) is 5.16. The first-order chi connectivity index (χ1) is 11.2. The Labute approximate surface area is 134 Å². The molecule has 0 atom stereocenters. The quantitative estimate of drug-likeness (QED) is 0.867. The first kappa shape index (κ1) is 14.1. The standard InChI is InChI=1S/C18H19N3O2/c1-20-17(22)15(13-11-19-14-8-4-3-7-12(13)14)16(18(20)23)21-9-5-2-6-10-21/h3-4,7-8,11,19H,2,5-6,9-10H2,1H3. The number of hydrogen-bond donors (Lipinski definition) is 1. The van der Waals surface area contributed by atoms with Crippen molar-refractivity contribution >= 4 is 28.3 Å². The molecule has 0 aliphatic carbocycles. The number of carbonyl (C=O) groups is 2. The molecule has 3 heterocycles. The zero-order chi connectivity index (χ0) is 16.0. The van der Waals surface area contributed by atoms with Gasteiger partial charge < -0.3 is 9.88 Å². The van der Waals surface area contributed by atoms with E-state index in [1.807, 2.05) is 30.5 Å². The number of amides is 2. The van der Waals surface area contributed by atoms with Gasteiger partial charge in [0.2, 0.25) is 0 Å². The summed E-state index contributed by atoms with van der Waals surface area (Å²) in [7, 11) is 1.57. The van der Waals surface area contributed by atoms with Crippen molar-refractivity contribution in [2.24, 2.45) is 0 Å². The summed E-state index contributed by atoms with van der Waals surface area (Å²) in [5, 5.41) is 0.980. The molecule has 2 amide bonds. The maximum Gasteiger partial charge on any atom is 0.277 e. The van der Waals surface area contributed by atoms with Crippen molar-refractivity contribution in [3.63, 3.8) is 0 Å². The van der Waals surface area contributed by atoms with Crippen molar-refractivity contribution in [3.8, 4) is 0 Å². The van der Waals surface area contributed by atoms with Crippen molar-refractivity contribution in [3.05, 3.63) is 41.7 Å². The number of benzene rings is 1. The molecule has 1 fully saturated rings. The Hall–Kier alpha value is -2.56. The minimum absolute atomic E-state index is 0.183. The Balaban J connectivity index is 1.92. The van der Waals surface area contributed by atoms with Crippen molar-refractivity contribution < 1.29 is 9.59 Å². The summed E-state index contributed by atoms with van der Waals surface area (Å²) in [4.78, 5) is 31.9. The predicted octanol–water partition coefficient (Wildman–Crippen LogP) is 2.36. The van der Waals surface area contributed by atoms with Crippen LogP contribution in [-0.4, -0.2) is 46.7 Å². The van der Waals surface area contributed by atoms with E-state index in [1.165, 1.54) is 11.3 Å². The average Bonchev–Trinajstić information content (AvgIpc) is 3.10. The highest BCUT2D eigenvalue weighted by Gasteiger charge is 2.40. The normalized spacial score (nSPS) is 19.3. The van der Waals surface area contributed by atoms with E-state index in [0.717, 1.165) is 42.4 Å². The summed E-state index contributed by atoms with van der Waals surface area (Å²) in [5.41, 5.74) is 2.91. The molecule has 0 spiro atoms. The van der Waals surface area contributed by atoms with Gasteiger partial charge in [-0.25, -0.2) is 0 Å². The monoisotopic (exact) mass is 309 g/mol. The van der Waals surface area contributed by atoms with Crippen LogP contribution < -0.4 is 0 Å². The number of fused-ring (bicyclic) bond motifs is 1. The summed E-state index contributed by atoms with van der Waals surface area (Å²) >= 11 is 0. The van der Waals surface area contributed by atoms with Crippen LogP contribution in [0.25, 0.3) is 16.5 Å². The highest BCUT2D eigenvalue weighted by atomic mass is 16.2. The van der Waals surface area contributed by atoms with Gasteiger partial charge in [0.05, 0.1) is 5.57 Å². The van der Waals surface area contributed by atoms with Gasteiger partial charge in [-0.3, -0.25) is 14.5 Å². The van der Waals surface area contributed by atoms with Gasteiger partial charge in [-0.05, 0) is 25.3 Å². The summed E-state index contributed by atoms with van der Waals surface area (Å²) in [6, 6.07) is 7.87. The van der Waals surface area contributed by atoms with E-state index in [4.69, 9.17) is 0 Å². The number of likely N-dealkylation sites (N-methyl/N-ethyl adjacent to an activating group) is 1. The predicted molar refractivity (Wildman–Crippen MR) is 88.4 cm³/mol. The molecule has 5 heteroatoms. The van der Waals surface area contributed by atoms with Crippen LogP contribution in [0, 0.1) is 0 Å². The van der Waals surface area contributed by atoms with Gasteiger partial charge in [0, 0.05) is 42.8 Å². The molecule has 1 aromatic heterocycles. The molecule has 118 valence electrons. The third kappa shape index (κ3) is 2.07. The molecule has 2 aliphatic rings. The number of H-pyrrole nitrogens is 1. The SMILES string of the molecule is CN1C(=O)C(c2c[nH]c3ccccc23)=C(N2CCCCC2)C1=O. The Kier molecular flexibility index (Phi) is 3.22. The third-order valence-corrected chi connectivity index (χ3v) is 4.79. The lowest BCUT2D eigenvalue weighted by molar-refractivity contribution is -0.136. The van der Waals surface area contributed by atoms with Crippen molar-refractivity contribution in [1.82, 2.24) is 14.8 Å². The lowest BCUT2D eigenvalue weighted by atomic mass is 10.0. The third-order valence-electron chi connectivity index (χ3n) is 4.79. The molecule has 23 heavy (non-hydrogen) atoms. The molecule has 5 nitrogen and oxygen atoms in total. The molecule has 1 saturated heterocycles. The van der Waals surface area contributed by atoms with Gasteiger partial charge in [0.25, 0.3) is 11.8 Å². The molecule has 0 saturated carbocycles. The van der Waals surface area contributed by atoms with Crippen molar-refractivity contribution in [2.75, 3.05) is 20.1 Å². The molecule has 2 aromatic rings. The lowest BCUT2D eigenvalue weighted by Crippen LogP contribution is -2.35. The van der Waals surface area contributed by atoms with Crippen LogP contribution in [0.4, 0.5) is 0 Å². The lowest BCUT2D eigenvalue weighted by Gasteiger charge is -2.29. The first-order valence-corrected chi connectivity index (χ1v) is 8.06. The number of nitrogens with zero attached hydrogens (tertiary/aromatic N) is 2. The van der Waals surface area contributed by atoms with Crippen LogP contribution >= 0.6 is 0 Å². The largest absolute Gasteiger partial charge is 0.366 e. The van der Waals surface area contributed by atoms with Gasteiger partial charge in [0.15, 0.2) is 0 Å². The minimum atomic E-state index is -0.208. The Morgan fingerprint density at radius 1 is 1.00 bits per heavy atom. The van der Waals surface area contributed by atoms with Crippen molar-refractivity contribution in [1.29, 1.82) is 0 Å². The number of rotatable bonds is 2. The number of hydrogen-bond acceptors (Lipinski definition) is 3. The molecule has 1 N–H and O–H groups in total. The number of aromatic amines is 1. The Morgan fingerprint density at radius 2 is 1.74 bits per heavy atom. The van der Waals surface area contributed by atoms with Crippen LogP contribution in [-0.2, 0) is 9.59 Å². The molecular formula is C18H19N3O2. The van der Waals surface area contributed by atoms with Gasteiger partial charge in [0.1, 0.15) is 5.70 Å². The molecule has 0 unspecified atom stereocenters. The number of piperidine rings is 1. The fourth-order valence-corrected chi connectivity index (χ4v) is 3.56. The second kappa shape index (κ2) is 5.26. The molecule has 0 bridgehead atoms. The number of nitrogens with one attached hydrogen (secondary N) is 1. The molecule has 4 rings (SSSR count). The fourth-order valence-electron chi connectivity index (χ4n) is 3.56. The average molecular weight is 309 g/mol. The molecule has 0 radical (unpaired) electrons. The first-order valence-electron chi connectivity index (χ1n) is 8.06. The number of likely N-dealkylation sites (tertiary alicyclic amines) is 1. The smallest absolute Gasteiger partial charge is 0.277 e. The topological polar surface area (TPSA) is 56.4 Å². The van der Waals surface area contributed by atoms with Gasteiger partial charge in [-0.1, -0.05) is 18.2 Å². The summed E-state index contributed by atoms with van der Waals surface area (Å²) in [6.45, 7) is 1.68. The maximum atomic E-state index is 12.7. The van der Waals surface area contributed by atoms with E-state index < -0.39 is 0 Å². The number of imide groups is 1. The van der Waals surface area contributed by atoms with Gasteiger partial charge in [-0.15, -0.1) is 0 Å². The highest BCUT2D eigenvalue weighted by Crippen LogP contribution is 2.35. The minimum Gasteiger partial charge on any atom is -0.366 e. The molecular weight excluding hydrogens is 290 g/mol. The second-order valence-electron chi connectivity index (χ2n) is 6.19. The number of aromatic nitrogens is 1. The Morgan fingerprint density at radius 3 is 2.52 bits per heavy atom. The van der Waals surface area contributed by atoms with Gasteiger partial charge in [-0.2, -0.15) is 0 Å². The maximum absolute atomic E-state index is 12.7. The summed E-state index contributed by atoms with van der Waals surface area (Å²) in [5.74, 6) is -0.391. The number of carbonyl (C=O) groups excluding carboxylic acids is 2. The summed E-state index contributed by atoms with van der Waals surface area (Å²) < 4.78 is 0. The van der Waals surface area contributed by atoms with E-state index in [0.29, 0.717) is 11.3 Å². The van der Waals surface area contributed by atoms with E-state index in [-0.39, 0.29) is 11.8 Å². The Bertz CT molecular complexity index is 828. The highest BCUT2D eigenvalue weighted by molar-refractivity contribution is 6.36. The molecule has 2 aliphatic heterocycles. The van der Waals surface area contributed by atoms with E-state index in [1.54, 1.807) is 7.05 Å². The zero-order valence-corrected chi connectivity index (χ0v) is 13.1. The number of para-hydroxylation sites is 1. The van der Waals surface area contributed by atoms with E-state index in [9.17, 15) is 9.59 Å². The van der Waals surface area contributed by atoms with E-state index >= 15 is 0 Å². The van der Waals surface area contributed by atoms with Crippen LogP contribution in [0.3, 0.4) is 0 Å². The van der Waals surface area contributed by atoms with Crippen LogP contribution in [0.15, 0.2) is 36.2 Å². The second-order valence-corrected chi connectivity index (χ2v) is 6.19. The zero-order valence-electron chi connectivity index (χ0n) is 13.1. The van der Waals surface area contributed by atoms with Crippen LogP contribution in [0.5, 0.6) is 0 Å². The van der Waals surface area contributed by atoms with Crippen LogP contribution in [0.2, 0.25) is 0 Å².